The minimum Gasteiger partial charge on any atom is -0.477 e. The van der Waals surface area contributed by atoms with Crippen LogP contribution in [0.3, 0.4) is 0 Å². The van der Waals surface area contributed by atoms with E-state index in [-0.39, 0.29) is 29.2 Å². The first kappa shape index (κ1) is 12.5. The molecule has 0 spiro atoms. The first-order valence-electron chi connectivity index (χ1n) is 5.10. The summed E-state index contributed by atoms with van der Waals surface area (Å²) < 4.78 is 4.71. The maximum absolute atomic E-state index is 11.4. The van der Waals surface area contributed by atoms with Crippen molar-refractivity contribution in [1.82, 2.24) is 20.2 Å². The summed E-state index contributed by atoms with van der Waals surface area (Å²) in [6, 6.07) is 0. The number of nitrogens with zero attached hydrogens (tertiary/aromatic N) is 3. The molecule has 19 heavy (non-hydrogen) atoms. The Balaban J connectivity index is 2.37. The number of carboxylic acid groups (broad SMARTS) is 1. The van der Waals surface area contributed by atoms with Gasteiger partial charge in [-0.2, -0.15) is 5.10 Å². The Hall–Kier alpha value is -2.97. The van der Waals surface area contributed by atoms with Gasteiger partial charge in [0.25, 0.3) is 0 Å². The normalized spacial score (nSPS) is 10.1. The second-order valence-corrected chi connectivity index (χ2v) is 3.34. The van der Waals surface area contributed by atoms with Crippen LogP contribution < -0.4 is 5.32 Å². The van der Waals surface area contributed by atoms with Crippen molar-refractivity contribution in [1.29, 1.82) is 0 Å². The zero-order valence-corrected chi connectivity index (χ0v) is 9.58. The van der Waals surface area contributed by atoms with Gasteiger partial charge in [0, 0.05) is 0 Å². The maximum atomic E-state index is 11.4. The minimum absolute atomic E-state index is 0.00483. The summed E-state index contributed by atoms with van der Waals surface area (Å²) >= 11 is 0. The number of ether oxygens (including phenoxy) is 1. The highest BCUT2D eigenvalue weighted by Gasteiger charge is 2.19. The van der Waals surface area contributed by atoms with Gasteiger partial charge in [0.1, 0.15) is 12.9 Å². The summed E-state index contributed by atoms with van der Waals surface area (Å²) in [5.74, 6) is -1.23. The Labute approximate surface area is 106 Å². The number of amides is 1. The highest BCUT2D eigenvalue weighted by molar-refractivity contribution is 6.06. The molecule has 0 bridgehead atoms. The summed E-state index contributed by atoms with van der Waals surface area (Å²) in [5.41, 5.74) is -0.0824. The fourth-order valence-corrected chi connectivity index (χ4v) is 1.37. The van der Waals surface area contributed by atoms with Crippen molar-refractivity contribution in [3.8, 4) is 0 Å². The smallest absolute Gasteiger partial charge is 0.413 e. The van der Waals surface area contributed by atoms with Crippen molar-refractivity contribution in [2.45, 2.75) is 0 Å². The van der Waals surface area contributed by atoms with E-state index < -0.39 is 12.1 Å². The molecule has 0 saturated carbocycles. The van der Waals surface area contributed by atoms with Crippen LogP contribution in [0.5, 0.6) is 0 Å². The van der Waals surface area contributed by atoms with Crippen LogP contribution >= 0.6 is 0 Å². The summed E-state index contributed by atoms with van der Waals surface area (Å²) in [6.07, 6.45) is 1.77. The van der Waals surface area contributed by atoms with E-state index >= 15 is 0 Å². The number of fused-ring (bicyclic) bond motifs is 1. The van der Waals surface area contributed by atoms with Crippen molar-refractivity contribution in [2.75, 3.05) is 11.9 Å². The van der Waals surface area contributed by atoms with Gasteiger partial charge >= 0.3 is 12.1 Å². The molecule has 2 rings (SSSR count). The van der Waals surface area contributed by atoms with Gasteiger partial charge in [-0.1, -0.05) is 12.7 Å². The van der Waals surface area contributed by atoms with Crippen molar-refractivity contribution >= 4 is 28.9 Å². The number of carbonyl (C=O) groups excluding carboxylic acids is 1. The van der Waals surface area contributed by atoms with Crippen LogP contribution in [0.1, 0.15) is 10.5 Å². The number of rotatable bonds is 4. The molecule has 0 aliphatic heterocycles. The van der Waals surface area contributed by atoms with Gasteiger partial charge in [0.2, 0.25) is 0 Å². The minimum atomic E-state index is -1.24. The van der Waals surface area contributed by atoms with Gasteiger partial charge in [-0.25, -0.2) is 19.6 Å². The van der Waals surface area contributed by atoms with E-state index in [9.17, 15) is 9.59 Å². The molecule has 0 saturated heterocycles. The molecule has 0 radical (unpaired) electrons. The molecule has 0 fully saturated rings. The summed E-state index contributed by atoms with van der Waals surface area (Å²) in [7, 11) is 0. The number of H-pyrrole nitrogens is 1. The average molecular weight is 263 g/mol. The van der Waals surface area contributed by atoms with Crippen LogP contribution in [0, 0.1) is 0 Å². The third kappa shape index (κ3) is 2.49. The Morgan fingerprint density at radius 3 is 3.00 bits per heavy atom. The molecule has 2 heterocycles. The molecule has 0 atom stereocenters. The van der Waals surface area contributed by atoms with Crippen LogP contribution in [0.2, 0.25) is 0 Å². The predicted molar refractivity (Wildman–Crippen MR) is 63.8 cm³/mol. The Bertz CT molecular complexity index is 650. The second kappa shape index (κ2) is 5.12. The van der Waals surface area contributed by atoms with E-state index in [1.54, 1.807) is 0 Å². The van der Waals surface area contributed by atoms with Gasteiger partial charge in [0.15, 0.2) is 17.2 Å². The number of aromatic amines is 1. The molecular weight excluding hydrogens is 254 g/mol. The van der Waals surface area contributed by atoms with Gasteiger partial charge < -0.3 is 9.84 Å². The number of hydrogen-bond donors (Lipinski definition) is 3. The summed E-state index contributed by atoms with van der Waals surface area (Å²) in [4.78, 5) is 30.0. The molecule has 1 amide bonds. The lowest BCUT2D eigenvalue weighted by Gasteiger charge is -2.05. The van der Waals surface area contributed by atoms with E-state index in [0.717, 1.165) is 6.33 Å². The SMILES string of the molecule is C=CCOC(=O)Nc1ncnc2n[nH]c(C(=O)O)c12. The predicted octanol–water partition coefficient (Wildman–Crippen LogP) is 0.786. The largest absolute Gasteiger partial charge is 0.477 e. The molecule has 2 aromatic rings. The van der Waals surface area contributed by atoms with Gasteiger partial charge in [-0.3, -0.25) is 10.4 Å². The third-order valence-corrected chi connectivity index (χ3v) is 2.12. The lowest BCUT2D eigenvalue weighted by Crippen LogP contribution is -2.15. The van der Waals surface area contributed by atoms with Crippen molar-refractivity contribution in [3.05, 3.63) is 24.7 Å². The van der Waals surface area contributed by atoms with Gasteiger partial charge in [-0.15, -0.1) is 0 Å². The molecule has 0 aromatic carbocycles. The summed E-state index contributed by atoms with van der Waals surface area (Å²) in [5, 5.41) is 17.4. The van der Waals surface area contributed by atoms with E-state index in [4.69, 9.17) is 9.84 Å². The number of carbonyl (C=O) groups is 2. The first-order valence-corrected chi connectivity index (χ1v) is 5.10. The van der Waals surface area contributed by atoms with Crippen molar-refractivity contribution in [2.24, 2.45) is 0 Å². The number of hydrogen-bond acceptors (Lipinski definition) is 6. The van der Waals surface area contributed by atoms with E-state index in [2.05, 4.69) is 32.1 Å². The Morgan fingerprint density at radius 1 is 1.53 bits per heavy atom. The van der Waals surface area contributed by atoms with E-state index in [0.29, 0.717) is 0 Å². The van der Waals surface area contributed by atoms with E-state index in [1.165, 1.54) is 6.08 Å². The van der Waals surface area contributed by atoms with Crippen molar-refractivity contribution in [3.63, 3.8) is 0 Å². The molecule has 0 unspecified atom stereocenters. The molecule has 0 aliphatic carbocycles. The molecule has 3 N–H and O–H groups in total. The number of aromatic carboxylic acids is 1. The molecule has 9 heteroatoms. The summed E-state index contributed by atoms with van der Waals surface area (Å²) in [6.45, 7) is 3.42. The van der Waals surface area contributed by atoms with Gasteiger partial charge in [0.05, 0.1) is 5.39 Å². The lowest BCUT2D eigenvalue weighted by atomic mass is 10.3. The molecule has 2 aromatic heterocycles. The topological polar surface area (TPSA) is 130 Å². The Morgan fingerprint density at radius 2 is 2.32 bits per heavy atom. The zero-order valence-electron chi connectivity index (χ0n) is 9.58. The molecular formula is C10H9N5O4. The average Bonchev–Trinajstić information content (AvgIpc) is 2.81. The van der Waals surface area contributed by atoms with Crippen LogP contribution in [-0.4, -0.2) is 43.9 Å². The standard InChI is InChI=1S/C10H9N5O4/c1-2-3-19-10(18)13-7-5-6(9(16)17)14-15-8(5)12-4-11-7/h2,4H,1,3H2,(H,16,17)(H2,11,12,13,14,15,18). The fraction of sp³-hybridized carbons (Fsp3) is 0.100. The van der Waals surface area contributed by atoms with Crippen molar-refractivity contribution < 1.29 is 19.4 Å². The highest BCUT2D eigenvalue weighted by Crippen LogP contribution is 2.21. The number of nitrogens with one attached hydrogen (secondary N) is 2. The monoisotopic (exact) mass is 263 g/mol. The van der Waals surface area contributed by atoms with E-state index in [1.807, 2.05) is 0 Å². The number of carboxylic acids is 1. The second-order valence-electron chi connectivity index (χ2n) is 3.34. The van der Waals surface area contributed by atoms with Crippen LogP contribution in [0.25, 0.3) is 11.0 Å². The quantitative estimate of drug-likeness (QED) is 0.695. The fourth-order valence-electron chi connectivity index (χ4n) is 1.37. The van der Waals surface area contributed by atoms with Crippen LogP contribution in [-0.2, 0) is 4.74 Å². The Kier molecular flexibility index (Phi) is 3.37. The maximum Gasteiger partial charge on any atom is 0.413 e. The number of anilines is 1. The van der Waals surface area contributed by atoms with Crippen LogP contribution in [0.4, 0.5) is 10.6 Å². The highest BCUT2D eigenvalue weighted by atomic mass is 16.5. The van der Waals surface area contributed by atoms with Crippen LogP contribution in [0.15, 0.2) is 19.0 Å². The molecule has 0 aliphatic rings. The van der Waals surface area contributed by atoms with Gasteiger partial charge in [-0.05, 0) is 0 Å². The third-order valence-electron chi connectivity index (χ3n) is 2.12. The number of aromatic nitrogens is 4. The lowest BCUT2D eigenvalue weighted by molar-refractivity contribution is 0.0692. The molecule has 9 nitrogen and oxygen atoms in total. The zero-order chi connectivity index (χ0) is 13.8. The molecule has 98 valence electrons. The first-order chi connectivity index (χ1) is 9.13.